The number of aliphatic carboxylic acids is 1. The maximum atomic E-state index is 10.9. The first kappa shape index (κ1) is 8.99. The van der Waals surface area contributed by atoms with E-state index in [1.165, 1.54) is 0 Å². The van der Waals surface area contributed by atoms with Gasteiger partial charge in [0.15, 0.2) is 6.10 Å². The Kier molecular flexibility index (Phi) is 2.65. The first-order chi connectivity index (χ1) is 5.61. The van der Waals surface area contributed by atoms with Gasteiger partial charge < -0.3 is 15.5 Å². The van der Waals surface area contributed by atoms with E-state index in [0.29, 0.717) is 0 Å². The predicted molar refractivity (Wildman–Crippen MR) is 39.4 cm³/mol. The van der Waals surface area contributed by atoms with Crippen molar-refractivity contribution < 1.29 is 19.8 Å². The van der Waals surface area contributed by atoms with Crippen LogP contribution in [0.15, 0.2) is 0 Å². The summed E-state index contributed by atoms with van der Waals surface area (Å²) in [6, 6.07) is 0. The van der Waals surface area contributed by atoms with Crippen molar-refractivity contribution >= 4 is 11.9 Å². The molecule has 5 nitrogen and oxygen atoms in total. The standard InChI is InChI=1S/C7H11NO4/c9-5(7(11)12)3-8-6(10)4-1-2-4/h4-5,9H,1-3H2,(H,8,10)(H,11,12). The van der Waals surface area contributed by atoms with Gasteiger partial charge in [-0.2, -0.15) is 0 Å². The highest BCUT2D eigenvalue weighted by Crippen LogP contribution is 2.28. The Morgan fingerprint density at radius 3 is 2.50 bits per heavy atom. The van der Waals surface area contributed by atoms with Gasteiger partial charge in [-0.25, -0.2) is 4.79 Å². The summed E-state index contributed by atoms with van der Waals surface area (Å²) < 4.78 is 0. The lowest BCUT2D eigenvalue weighted by atomic mass is 10.3. The fourth-order valence-corrected chi connectivity index (χ4v) is 0.774. The second-order valence-corrected chi connectivity index (χ2v) is 2.87. The third-order valence-electron chi connectivity index (χ3n) is 1.70. The van der Waals surface area contributed by atoms with Crippen LogP contribution in [0, 0.1) is 5.92 Å². The Bertz CT molecular complexity index is 200. The molecule has 0 spiro atoms. The fraction of sp³-hybridized carbons (Fsp3) is 0.714. The van der Waals surface area contributed by atoms with Crippen LogP contribution in [0.25, 0.3) is 0 Å². The van der Waals surface area contributed by atoms with Crippen molar-refractivity contribution in [2.45, 2.75) is 18.9 Å². The highest BCUT2D eigenvalue weighted by molar-refractivity contribution is 5.81. The van der Waals surface area contributed by atoms with Gasteiger partial charge in [0.25, 0.3) is 0 Å². The Hall–Kier alpha value is -1.10. The summed E-state index contributed by atoms with van der Waals surface area (Å²) >= 11 is 0. The van der Waals surface area contributed by atoms with E-state index in [9.17, 15) is 9.59 Å². The van der Waals surface area contributed by atoms with Gasteiger partial charge in [-0.1, -0.05) is 0 Å². The number of carboxylic acid groups (broad SMARTS) is 1. The molecule has 3 N–H and O–H groups in total. The van der Waals surface area contributed by atoms with Crippen LogP contribution in [0.2, 0.25) is 0 Å². The van der Waals surface area contributed by atoms with Crippen LogP contribution in [0.1, 0.15) is 12.8 Å². The number of hydrogen-bond acceptors (Lipinski definition) is 3. The molecule has 12 heavy (non-hydrogen) atoms. The number of amides is 1. The molecule has 0 aromatic carbocycles. The average Bonchev–Trinajstić information content (AvgIpc) is 2.81. The van der Waals surface area contributed by atoms with Gasteiger partial charge in [-0.15, -0.1) is 0 Å². The summed E-state index contributed by atoms with van der Waals surface area (Å²) in [4.78, 5) is 21.0. The molecule has 0 aliphatic heterocycles. The van der Waals surface area contributed by atoms with Gasteiger partial charge in [0.2, 0.25) is 5.91 Å². The molecular formula is C7H11NO4. The van der Waals surface area contributed by atoms with Crippen molar-refractivity contribution in [1.29, 1.82) is 0 Å². The molecule has 1 aliphatic rings. The predicted octanol–water partition coefficient (Wildman–Crippen LogP) is -1.04. The van der Waals surface area contributed by atoms with Crippen LogP contribution in [0.4, 0.5) is 0 Å². The summed E-state index contributed by atoms with van der Waals surface area (Å²) in [5.74, 6) is -1.42. The third kappa shape index (κ3) is 2.50. The van der Waals surface area contributed by atoms with Gasteiger partial charge in [0.05, 0.1) is 6.54 Å². The monoisotopic (exact) mass is 173 g/mol. The maximum absolute atomic E-state index is 10.9. The zero-order valence-corrected chi connectivity index (χ0v) is 6.49. The molecule has 0 saturated heterocycles. The molecule has 5 heteroatoms. The van der Waals surface area contributed by atoms with E-state index in [4.69, 9.17) is 10.2 Å². The molecule has 0 radical (unpaired) electrons. The Morgan fingerprint density at radius 2 is 2.08 bits per heavy atom. The Labute approximate surface area is 69.4 Å². The third-order valence-corrected chi connectivity index (χ3v) is 1.70. The number of aliphatic hydroxyl groups is 1. The average molecular weight is 173 g/mol. The van der Waals surface area contributed by atoms with Crippen LogP contribution in [0.3, 0.4) is 0 Å². The molecule has 0 aromatic heterocycles. The highest BCUT2D eigenvalue weighted by atomic mass is 16.4. The number of carbonyl (C=O) groups excluding carboxylic acids is 1. The van der Waals surface area contributed by atoms with E-state index in [2.05, 4.69) is 5.32 Å². The topological polar surface area (TPSA) is 86.6 Å². The van der Waals surface area contributed by atoms with Crippen molar-refractivity contribution in [3.63, 3.8) is 0 Å². The summed E-state index contributed by atoms with van der Waals surface area (Å²) in [6.07, 6.45) is 0.247. The van der Waals surface area contributed by atoms with Crippen LogP contribution in [0.5, 0.6) is 0 Å². The number of nitrogens with one attached hydrogen (secondary N) is 1. The number of aliphatic hydroxyl groups excluding tert-OH is 1. The van der Waals surface area contributed by atoms with Crippen molar-refractivity contribution in [3.05, 3.63) is 0 Å². The zero-order valence-electron chi connectivity index (χ0n) is 6.49. The van der Waals surface area contributed by atoms with E-state index < -0.39 is 12.1 Å². The minimum absolute atomic E-state index is 0.0472. The van der Waals surface area contributed by atoms with Gasteiger partial charge in [0, 0.05) is 5.92 Å². The van der Waals surface area contributed by atoms with E-state index in [0.717, 1.165) is 12.8 Å². The van der Waals surface area contributed by atoms with Crippen molar-refractivity contribution in [1.82, 2.24) is 5.32 Å². The second-order valence-electron chi connectivity index (χ2n) is 2.87. The second kappa shape index (κ2) is 3.53. The van der Waals surface area contributed by atoms with Crippen LogP contribution in [-0.4, -0.2) is 34.7 Å². The lowest BCUT2D eigenvalue weighted by molar-refractivity contribution is -0.146. The van der Waals surface area contributed by atoms with Gasteiger partial charge in [0.1, 0.15) is 0 Å². The van der Waals surface area contributed by atoms with Crippen molar-refractivity contribution in [3.8, 4) is 0 Å². The van der Waals surface area contributed by atoms with E-state index in [1.807, 2.05) is 0 Å². The summed E-state index contributed by atoms with van der Waals surface area (Å²) in [6.45, 7) is -0.204. The quantitative estimate of drug-likeness (QED) is 0.506. The summed E-state index contributed by atoms with van der Waals surface area (Å²) in [5.41, 5.74) is 0. The molecule has 1 saturated carbocycles. The van der Waals surface area contributed by atoms with Gasteiger partial charge in [-0.05, 0) is 12.8 Å². The molecule has 1 amide bonds. The first-order valence-corrected chi connectivity index (χ1v) is 3.80. The van der Waals surface area contributed by atoms with E-state index in [1.54, 1.807) is 0 Å². The number of carboxylic acids is 1. The lowest BCUT2D eigenvalue weighted by Gasteiger charge is -2.06. The van der Waals surface area contributed by atoms with Crippen molar-refractivity contribution in [2.24, 2.45) is 5.92 Å². The molecule has 1 fully saturated rings. The van der Waals surface area contributed by atoms with Gasteiger partial charge >= 0.3 is 5.97 Å². The SMILES string of the molecule is O=C(O)C(O)CNC(=O)C1CC1. The lowest BCUT2D eigenvalue weighted by Crippen LogP contribution is -2.37. The minimum atomic E-state index is -1.49. The largest absolute Gasteiger partial charge is 0.479 e. The molecular weight excluding hydrogens is 162 g/mol. The van der Waals surface area contributed by atoms with Gasteiger partial charge in [-0.3, -0.25) is 4.79 Å². The Morgan fingerprint density at radius 1 is 1.50 bits per heavy atom. The number of hydrogen-bond donors (Lipinski definition) is 3. The number of carbonyl (C=O) groups is 2. The highest BCUT2D eigenvalue weighted by Gasteiger charge is 2.29. The molecule has 0 heterocycles. The maximum Gasteiger partial charge on any atom is 0.334 e. The van der Waals surface area contributed by atoms with Crippen molar-refractivity contribution in [2.75, 3.05) is 6.54 Å². The Balaban J connectivity index is 2.15. The summed E-state index contributed by atoms with van der Waals surface area (Å²) in [5, 5.41) is 19.4. The van der Waals surface area contributed by atoms with E-state index in [-0.39, 0.29) is 18.4 Å². The molecule has 0 aromatic rings. The smallest absolute Gasteiger partial charge is 0.334 e. The normalized spacial score (nSPS) is 18.4. The molecule has 68 valence electrons. The zero-order chi connectivity index (χ0) is 9.14. The van der Waals surface area contributed by atoms with Crippen LogP contribution < -0.4 is 5.32 Å². The van der Waals surface area contributed by atoms with Crippen LogP contribution in [-0.2, 0) is 9.59 Å². The molecule has 1 unspecified atom stereocenters. The number of rotatable bonds is 4. The first-order valence-electron chi connectivity index (χ1n) is 3.80. The van der Waals surface area contributed by atoms with Crippen LogP contribution >= 0.6 is 0 Å². The molecule has 1 rings (SSSR count). The fourth-order valence-electron chi connectivity index (χ4n) is 0.774. The minimum Gasteiger partial charge on any atom is -0.479 e. The van der Waals surface area contributed by atoms with E-state index >= 15 is 0 Å². The molecule has 0 bridgehead atoms. The molecule has 1 aliphatic carbocycles. The molecule has 1 atom stereocenters. The summed E-state index contributed by atoms with van der Waals surface area (Å²) in [7, 11) is 0.